The number of alkyl halides is 3. The number of halogens is 3. The monoisotopic (exact) mass is 338 g/mol. The lowest BCUT2D eigenvalue weighted by molar-refractivity contribution is -0.137. The van der Waals surface area contributed by atoms with Gasteiger partial charge in [0.2, 0.25) is 0 Å². The fourth-order valence-corrected chi connectivity index (χ4v) is 1.89. The quantitative estimate of drug-likeness (QED) is 0.783. The fraction of sp³-hybridized carbons (Fsp3) is 0.312. The van der Waals surface area contributed by atoms with Gasteiger partial charge < -0.3 is 10.6 Å². The van der Waals surface area contributed by atoms with Gasteiger partial charge in [-0.25, -0.2) is 0 Å². The molecule has 5 nitrogen and oxygen atoms in total. The highest BCUT2D eigenvalue weighted by Gasteiger charge is 2.30. The maximum absolute atomic E-state index is 12.5. The summed E-state index contributed by atoms with van der Waals surface area (Å²) in [5, 5.41) is 13.3. The molecule has 24 heavy (non-hydrogen) atoms. The summed E-state index contributed by atoms with van der Waals surface area (Å²) in [6.45, 7) is 2.86. The molecule has 0 aliphatic rings. The zero-order valence-corrected chi connectivity index (χ0v) is 13.0. The summed E-state index contributed by atoms with van der Waals surface area (Å²) in [6.07, 6.45) is -2.36. The van der Waals surface area contributed by atoms with Gasteiger partial charge in [-0.05, 0) is 42.8 Å². The molecule has 1 aromatic carbocycles. The Kier molecular flexibility index (Phi) is 5.73. The second-order valence-corrected chi connectivity index (χ2v) is 5.11. The largest absolute Gasteiger partial charge is 0.416 e. The van der Waals surface area contributed by atoms with E-state index in [0.29, 0.717) is 5.82 Å². The zero-order chi connectivity index (χ0) is 17.6. The van der Waals surface area contributed by atoms with Gasteiger partial charge in [0.05, 0.1) is 5.56 Å². The van der Waals surface area contributed by atoms with Crippen LogP contribution in [0.1, 0.15) is 35.7 Å². The number of hydrogen-bond acceptors (Lipinski definition) is 4. The Morgan fingerprint density at radius 3 is 2.21 bits per heavy atom. The van der Waals surface area contributed by atoms with Gasteiger partial charge in [-0.1, -0.05) is 13.3 Å². The van der Waals surface area contributed by atoms with E-state index in [1.165, 1.54) is 0 Å². The van der Waals surface area contributed by atoms with Crippen molar-refractivity contribution < 1.29 is 18.0 Å². The van der Waals surface area contributed by atoms with Crippen LogP contribution in [0.25, 0.3) is 0 Å². The van der Waals surface area contributed by atoms with Crippen LogP contribution in [0.4, 0.5) is 24.8 Å². The number of hydrogen-bond donors (Lipinski definition) is 2. The third-order valence-electron chi connectivity index (χ3n) is 3.22. The predicted molar refractivity (Wildman–Crippen MR) is 84.8 cm³/mol. The van der Waals surface area contributed by atoms with E-state index >= 15 is 0 Å². The minimum atomic E-state index is -4.43. The molecule has 0 aliphatic heterocycles. The lowest BCUT2D eigenvalue weighted by Gasteiger charge is -2.08. The van der Waals surface area contributed by atoms with Crippen LogP contribution in [0.5, 0.6) is 0 Å². The number of aromatic nitrogens is 2. The van der Waals surface area contributed by atoms with E-state index in [-0.39, 0.29) is 11.4 Å². The van der Waals surface area contributed by atoms with E-state index in [9.17, 15) is 18.0 Å². The highest BCUT2D eigenvalue weighted by Crippen LogP contribution is 2.29. The van der Waals surface area contributed by atoms with Crippen molar-refractivity contribution >= 4 is 17.5 Å². The van der Waals surface area contributed by atoms with E-state index in [0.717, 1.165) is 43.7 Å². The molecule has 0 saturated heterocycles. The molecule has 0 atom stereocenters. The molecule has 0 saturated carbocycles. The number of rotatable bonds is 6. The molecule has 2 N–H and O–H groups in total. The Bertz CT molecular complexity index is 669. The minimum Gasteiger partial charge on any atom is -0.369 e. The van der Waals surface area contributed by atoms with Crippen molar-refractivity contribution in [2.45, 2.75) is 25.9 Å². The molecule has 2 rings (SSSR count). The maximum Gasteiger partial charge on any atom is 0.416 e. The number of amides is 1. The molecule has 0 spiro atoms. The standard InChI is InChI=1S/C16H17F3N4O/c1-2-3-10-20-13-8-9-14(23-22-13)21-15(24)11-4-6-12(7-5-11)16(17,18)19/h4-9H,2-3,10H2,1H3,(H,20,22)(H,21,23,24). The van der Waals surface area contributed by atoms with Crippen molar-refractivity contribution in [3.8, 4) is 0 Å². The Morgan fingerprint density at radius 1 is 1.04 bits per heavy atom. The summed E-state index contributed by atoms with van der Waals surface area (Å²) in [5.74, 6) is 0.265. The average Bonchev–Trinajstić information content (AvgIpc) is 2.56. The lowest BCUT2D eigenvalue weighted by Crippen LogP contribution is -2.14. The highest BCUT2D eigenvalue weighted by atomic mass is 19.4. The van der Waals surface area contributed by atoms with E-state index in [1.54, 1.807) is 12.1 Å². The summed E-state index contributed by atoms with van der Waals surface area (Å²) in [4.78, 5) is 12.0. The minimum absolute atomic E-state index is 0.106. The molecule has 0 bridgehead atoms. The molecule has 0 aliphatic carbocycles. The first-order valence-electron chi connectivity index (χ1n) is 7.46. The van der Waals surface area contributed by atoms with Crippen LogP contribution in [0, 0.1) is 0 Å². The van der Waals surface area contributed by atoms with Crippen LogP contribution >= 0.6 is 0 Å². The summed E-state index contributed by atoms with van der Waals surface area (Å²) >= 11 is 0. The molecule has 0 unspecified atom stereocenters. The van der Waals surface area contributed by atoms with E-state index in [4.69, 9.17) is 0 Å². The smallest absolute Gasteiger partial charge is 0.369 e. The summed E-state index contributed by atoms with van der Waals surface area (Å²) < 4.78 is 37.5. The molecule has 1 amide bonds. The zero-order valence-electron chi connectivity index (χ0n) is 13.0. The predicted octanol–water partition coefficient (Wildman–Crippen LogP) is 3.96. The Balaban J connectivity index is 1.96. The molecule has 1 heterocycles. The summed E-state index contributed by atoms with van der Waals surface area (Å²) in [6, 6.07) is 7.20. The van der Waals surface area contributed by atoms with Gasteiger partial charge in [0, 0.05) is 12.1 Å². The van der Waals surface area contributed by atoms with Crippen LogP contribution in [0.2, 0.25) is 0 Å². The van der Waals surface area contributed by atoms with Crippen molar-refractivity contribution in [3.05, 3.63) is 47.5 Å². The Morgan fingerprint density at radius 2 is 1.67 bits per heavy atom. The first-order valence-corrected chi connectivity index (χ1v) is 7.46. The highest BCUT2D eigenvalue weighted by molar-refractivity contribution is 6.03. The van der Waals surface area contributed by atoms with Gasteiger partial charge in [0.25, 0.3) is 5.91 Å². The number of carbonyl (C=O) groups excluding carboxylic acids is 1. The average molecular weight is 338 g/mol. The van der Waals surface area contributed by atoms with Crippen molar-refractivity contribution in [2.75, 3.05) is 17.2 Å². The molecule has 2 aromatic rings. The number of benzene rings is 1. The Hall–Kier alpha value is -2.64. The topological polar surface area (TPSA) is 66.9 Å². The van der Waals surface area contributed by atoms with Crippen LogP contribution in [-0.4, -0.2) is 22.6 Å². The molecule has 0 radical (unpaired) electrons. The molecule has 8 heteroatoms. The van der Waals surface area contributed by atoms with Crippen LogP contribution < -0.4 is 10.6 Å². The first-order chi connectivity index (χ1) is 11.4. The van der Waals surface area contributed by atoms with Crippen molar-refractivity contribution in [2.24, 2.45) is 0 Å². The van der Waals surface area contributed by atoms with Gasteiger partial charge in [-0.2, -0.15) is 13.2 Å². The first kappa shape index (κ1) is 17.7. The van der Waals surface area contributed by atoms with Crippen molar-refractivity contribution in [3.63, 3.8) is 0 Å². The van der Waals surface area contributed by atoms with E-state index < -0.39 is 17.6 Å². The van der Waals surface area contributed by atoms with Crippen molar-refractivity contribution in [1.82, 2.24) is 10.2 Å². The fourth-order valence-electron chi connectivity index (χ4n) is 1.89. The number of nitrogens with zero attached hydrogens (tertiary/aromatic N) is 2. The van der Waals surface area contributed by atoms with Gasteiger partial charge in [-0.3, -0.25) is 4.79 Å². The second kappa shape index (κ2) is 7.76. The number of nitrogens with one attached hydrogen (secondary N) is 2. The van der Waals surface area contributed by atoms with E-state index in [2.05, 4.69) is 27.8 Å². The SMILES string of the molecule is CCCCNc1ccc(NC(=O)c2ccc(C(F)(F)F)cc2)nn1. The number of carbonyl (C=O) groups is 1. The summed E-state index contributed by atoms with van der Waals surface area (Å²) in [5.41, 5.74) is -0.698. The summed E-state index contributed by atoms with van der Waals surface area (Å²) in [7, 11) is 0. The maximum atomic E-state index is 12.5. The van der Waals surface area contributed by atoms with Gasteiger partial charge >= 0.3 is 6.18 Å². The molecule has 128 valence electrons. The van der Waals surface area contributed by atoms with Crippen LogP contribution in [0.3, 0.4) is 0 Å². The molecular weight excluding hydrogens is 321 g/mol. The number of unbranched alkanes of at least 4 members (excludes halogenated alkanes) is 1. The van der Waals surface area contributed by atoms with Gasteiger partial charge in [-0.15, -0.1) is 10.2 Å². The van der Waals surface area contributed by atoms with E-state index in [1.807, 2.05) is 0 Å². The molecule has 0 fully saturated rings. The van der Waals surface area contributed by atoms with Gasteiger partial charge in [0.1, 0.15) is 5.82 Å². The molecule has 1 aromatic heterocycles. The molecular formula is C16H17F3N4O. The normalized spacial score (nSPS) is 11.2. The third kappa shape index (κ3) is 4.94. The van der Waals surface area contributed by atoms with Crippen LogP contribution in [0.15, 0.2) is 36.4 Å². The van der Waals surface area contributed by atoms with Gasteiger partial charge in [0.15, 0.2) is 5.82 Å². The second-order valence-electron chi connectivity index (χ2n) is 5.11. The van der Waals surface area contributed by atoms with Crippen LogP contribution in [-0.2, 0) is 6.18 Å². The lowest BCUT2D eigenvalue weighted by atomic mass is 10.1. The Labute approximate surface area is 137 Å². The van der Waals surface area contributed by atoms with Crippen molar-refractivity contribution in [1.29, 1.82) is 0 Å². The third-order valence-corrected chi connectivity index (χ3v) is 3.22. The number of anilines is 2.